The van der Waals surface area contributed by atoms with E-state index in [2.05, 4.69) is 64.2 Å². The number of nitrogens with zero attached hydrogens (tertiary/aromatic N) is 3. The number of carbonyl (C=O) groups is 2. The van der Waals surface area contributed by atoms with Crippen molar-refractivity contribution in [3.05, 3.63) is 82.5 Å². The molecular formula is C39H46N5O4+. The molecule has 0 radical (unpaired) electrons. The molecule has 5 rings (SSSR count). The first kappa shape index (κ1) is 34.3. The number of likely N-dealkylation sites (N-methyl/N-ethyl adjacent to an activating group) is 1. The molecule has 0 fully saturated rings. The number of quaternary nitrogens is 1. The van der Waals surface area contributed by atoms with Gasteiger partial charge in [0.15, 0.2) is 0 Å². The number of fused-ring (bicyclic) bond motifs is 8. The second-order valence-corrected chi connectivity index (χ2v) is 13.6. The SMILES string of the molecule is C=Cc1c(C)c2cc3[nH]c(cc4nc(cc5nc(cc1[nH]2)C(C)=C5CCC(=O)OCC[N+](C)(C)C)C(CCC(=O)O)=C4C)c(C)c3C=C. The van der Waals surface area contributed by atoms with Crippen LogP contribution in [0.15, 0.2) is 37.4 Å². The maximum Gasteiger partial charge on any atom is 0.306 e. The Hall–Kier alpha value is -5.02. The van der Waals surface area contributed by atoms with E-state index < -0.39 is 5.97 Å². The Balaban J connectivity index is 1.76. The summed E-state index contributed by atoms with van der Waals surface area (Å²) < 4.78 is 6.27. The van der Waals surface area contributed by atoms with E-state index in [9.17, 15) is 14.7 Å². The number of carboxylic acid groups (broad SMARTS) is 1. The van der Waals surface area contributed by atoms with Crippen LogP contribution in [0.2, 0.25) is 0 Å². The van der Waals surface area contributed by atoms with E-state index in [-0.39, 0.29) is 18.8 Å². The molecule has 5 heterocycles. The molecule has 0 atom stereocenters. The molecular weight excluding hydrogens is 602 g/mol. The van der Waals surface area contributed by atoms with Crippen LogP contribution in [0, 0.1) is 13.8 Å². The Morgan fingerprint density at radius 2 is 1.23 bits per heavy atom. The Bertz CT molecular complexity index is 2070. The summed E-state index contributed by atoms with van der Waals surface area (Å²) in [4.78, 5) is 41.8. The summed E-state index contributed by atoms with van der Waals surface area (Å²) in [5, 5.41) is 9.56. The average Bonchev–Trinajstić information content (AvgIpc) is 3.67. The zero-order chi connectivity index (χ0) is 34.9. The van der Waals surface area contributed by atoms with Crippen molar-refractivity contribution in [3.63, 3.8) is 0 Å². The summed E-state index contributed by atoms with van der Waals surface area (Å²) in [5.41, 5.74) is 14.3. The number of aliphatic carboxylic acids is 1. The number of nitrogens with one attached hydrogen (secondary N) is 2. The fourth-order valence-corrected chi connectivity index (χ4v) is 6.27. The van der Waals surface area contributed by atoms with Crippen molar-refractivity contribution in [1.82, 2.24) is 19.9 Å². The number of esters is 1. The minimum Gasteiger partial charge on any atom is -0.481 e. The summed E-state index contributed by atoms with van der Waals surface area (Å²) >= 11 is 0. The van der Waals surface area contributed by atoms with Crippen LogP contribution >= 0.6 is 0 Å². The molecule has 0 saturated heterocycles. The first-order chi connectivity index (χ1) is 22.7. The molecule has 2 aliphatic rings. The minimum absolute atomic E-state index is 0.0227. The van der Waals surface area contributed by atoms with Crippen molar-refractivity contribution in [2.75, 3.05) is 34.3 Å². The van der Waals surface area contributed by atoms with Crippen molar-refractivity contribution in [1.29, 1.82) is 0 Å². The van der Waals surface area contributed by atoms with Gasteiger partial charge in [0.05, 0.1) is 43.9 Å². The molecule has 9 nitrogen and oxygen atoms in total. The van der Waals surface area contributed by atoms with Crippen molar-refractivity contribution in [2.45, 2.75) is 53.4 Å². The third kappa shape index (κ3) is 7.11. The number of aryl methyl sites for hydroxylation is 2. The van der Waals surface area contributed by atoms with Crippen LogP contribution in [0.5, 0.6) is 0 Å². The Labute approximate surface area is 282 Å². The predicted octanol–water partition coefficient (Wildman–Crippen LogP) is 7.97. The summed E-state index contributed by atoms with van der Waals surface area (Å²) in [6, 6.07) is 8.06. The van der Waals surface area contributed by atoms with E-state index in [1.165, 1.54) is 0 Å². The lowest BCUT2D eigenvalue weighted by Crippen LogP contribution is -2.38. The second kappa shape index (κ2) is 13.6. The minimum atomic E-state index is -0.872. The number of hydrogen-bond donors (Lipinski definition) is 3. The smallest absolute Gasteiger partial charge is 0.306 e. The second-order valence-electron chi connectivity index (χ2n) is 13.6. The van der Waals surface area contributed by atoms with Gasteiger partial charge in [0.2, 0.25) is 0 Å². The zero-order valence-corrected chi connectivity index (χ0v) is 29.1. The third-order valence-electron chi connectivity index (χ3n) is 9.23. The summed E-state index contributed by atoms with van der Waals surface area (Å²) in [6.45, 7) is 17.4. The molecule has 3 aromatic rings. The Morgan fingerprint density at radius 3 is 1.73 bits per heavy atom. The third-order valence-corrected chi connectivity index (χ3v) is 9.23. The monoisotopic (exact) mass is 648 g/mol. The van der Waals surface area contributed by atoms with Crippen LogP contribution in [0.25, 0.3) is 56.5 Å². The molecule has 9 heteroatoms. The predicted molar refractivity (Wildman–Crippen MR) is 196 cm³/mol. The van der Waals surface area contributed by atoms with Crippen LogP contribution in [0.3, 0.4) is 0 Å². The van der Waals surface area contributed by atoms with Crippen LogP contribution in [-0.2, 0) is 14.3 Å². The van der Waals surface area contributed by atoms with Gasteiger partial charge in [0.1, 0.15) is 13.2 Å². The highest BCUT2D eigenvalue weighted by molar-refractivity contribution is 5.97. The number of hydrogen-bond acceptors (Lipinski definition) is 5. The van der Waals surface area contributed by atoms with Gasteiger partial charge >= 0.3 is 11.9 Å². The van der Waals surface area contributed by atoms with Gasteiger partial charge in [-0.1, -0.05) is 25.3 Å². The summed E-state index contributed by atoms with van der Waals surface area (Å²) in [5.74, 6) is -1.13. The average molecular weight is 649 g/mol. The van der Waals surface area contributed by atoms with Gasteiger partial charge in [-0.05, 0) is 98.2 Å². The van der Waals surface area contributed by atoms with Gasteiger partial charge in [-0.15, -0.1) is 0 Å². The number of carbonyl (C=O) groups excluding carboxylic acids is 1. The lowest BCUT2D eigenvalue weighted by atomic mass is 9.98. The lowest BCUT2D eigenvalue weighted by molar-refractivity contribution is -0.870. The molecule has 0 amide bonds. The van der Waals surface area contributed by atoms with Gasteiger partial charge in [-0.3, -0.25) is 9.59 Å². The van der Waals surface area contributed by atoms with Crippen LogP contribution in [0.4, 0.5) is 0 Å². The maximum atomic E-state index is 12.8. The van der Waals surface area contributed by atoms with Crippen LogP contribution in [-0.4, -0.2) is 75.8 Å². The molecule has 0 saturated carbocycles. The van der Waals surface area contributed by atoms with Crippen molar-refractivity contribution in [2.24, 2.45) is 0 Å². The molecule has 0 aliphatic carbocycles. The molecule has 3 aromatic heterocycles. The molecule has 250 valence electrons. The largest absolute Gasteiger partial charge is 0.481 e. The number of aromatic nitrogens is 4. The van der Waals surface area contributed by atoms with Gasteiger partial charge in [0, 0.05) is 46.0 Å². The molecule has 0 spiro atoms. The van der Waals surface area contributed by atoms with Crippen LogP contribution in [0.1, 0.15) is 84.6 Å². The molecule has 3 N–H and O–H groups in total. The van der Waals surface area contributed by atoms with E-state index in [4.69, 9.17) is 14.7 Å². The number of rotatable bonds is 11. The number of carboxylic acids is 1. The highest BCUT2D eigenvalue weighted by atomic mass is 16.5. The molecule has 0 unspecified atom stereocenters. The highest BCUT2D eigenvalue weighted by Gasteiger charge is 2.23. The van der Waals surface area contributed by atoms with E-state index in [0.717, 1.165) is 84.5 Å². The number of H-pyrrole nitrogens is 2. The summed E-state index contributed by atoms with van der Waals surface area (Å²) in [6.07, 6.45) is 4.66. The fraction of sp³-hybridized carbons (Fsp3) is 0.333. The Kier molecular flexibility index (Phi) is 9.73. The van der Waals surface area contributed by atoms with Gasteiger partial charge < -0.3 is 24.3 Å². The molecule has 8 bridgehead atoms. The van der Waals surface area contributed by atoms with Gasteiger partial charge in [-0.25, -0.2) is 9.97 Å². The quantitative estimate of drug-likeness (QED) is 0.143. The van der Waals surface area contributed by atoms with E-state index in [0.29, 0.717) is 35.3 Å². The fourth-order valence-electron chi connectivity index (χ4n) is 6.27. The van der Waals surface area contributed by atoms with Crippen molar-refractivity contribution in [3.8, 4) is 0 Å². The number of allylic oxidation sites excluding steroid dienone is 4. The van der Waals surface area contributed by atoms with E-state index in [1.807, 2.05) is 44.2 Å². The standard InChI is InChI=1S/C39H45N5O4/c1-10-26-22(3)30-18-31-24(5)28(12-14-38(45)46)36(42-31)21-37-29(13-15-39(47)48-17-16-44(7,8)9)25(6)33(43-37)20-35-27(11-2)23(4)32(41-35)19-34(26)40-30/h10-11,18-21H,1-2,12-17H2,3-9H3,(H2-,40,41,42,43,45,46)/p+1. The summed E-state index contributed by atoms with van der Waals surface area (Å²) in [7, 11) is 6.18. The highest BCUT2D eigenvalue weighted by Crippen LogP contribution is 2.38. The van der Waals surface area contributed by atoms with Crippen molar-refractivity contribution < 1.29 is 23.9 Å². The zero-order valence-electron chi connectivity index (χ0n) is 29.1. The maximum absolute atomic E-state index is 12.8. The van der Waals surface area contributed by atoms with Gasteiger partial charge in [0.25, 0.3) is 0 Å². The first-order valence-electron chi connectivity index (χ1n) is 16.3. The van der Waals surface area contributed by atoms with Crippen molar-refractivity contribution >= 4 is 68.4 Å². The Morgan fingerprint density at radius 1 is 0.750 bits per heavy atom. The molecule has 2 aliphatic heterocycles. The van der Waals surface area contributed by atoms with Gasteiger partial charge in [-0.2, -0.15) is 0 Å². The molecule has 48 heavy (non-hydrogen) atoms. The molecule has 0 aromatic carbocycles. The van der Waals surface area contributed by atoms with E-state index >= 15 is 0 Å². The number of aromatic amines is 2. The first-order valence-corrected chi connectivity index (χ1v) is 16.3. The topological polar surface area (TPSA) is 121 Å². The van der Waals surface area contributed by atoms with Crippen LogP contribution < -0.4 is 0 Å². The number of ether oxygens (including phenoxy) is 1. The normalized spacial score (nSPS) is 13.2. The van der Waals surface area contributed by atoms with E-state index in [1.54, 1.807) is 0 Å². The lowest BCUT2D eigenvalue weighted by Gasteiger charge is -2.23.